The zero-order chi connectivity index (χ0) is 13.7. The number of anilines is 1. The molecule has 1 heterocycles. The minimum atomic E-state index is 0.418. The Balaban J connectivity index is 2.17. The molecule has 0 unspecified atom stereocenters. The maximum absolute atomic E-state index is 5.74. The third-order valence-electron chi connectivity index (χ3n) is 2.52. The summed E-state index contributed by atoms with van der Waals surface area (Å²) < 4.78 is 10.7. The molecule has 5 nitrogen and oxygen atoms in total. The predicted molar refractivity (Wildman–Crippen MR) is 73.5 cm³/mol. The highest BCUT2D eigenvalue weighted by molar-refractivity contribution is 5.37. The van der Waals surface area contributed by atoms with E-state index in [0.717, 1.165) is 18.6 Å². The highest BCUT2D eigenvalue weighted by Crippen LogP contribution is 2.23. The molecule has 19 heavy (non-hydrogen) atoms. The van der Waals surface area contributed by atoms with Crippen LogP contribution in [0.25, 0.3) is 0 Å². The van der Waals surface area contributed by atoms with E-state index in [1.54, 1.807) is 13.2 Å². The lowest BCUT2D eigenvalue weighted by Crippen LogP contribution is -2.01. The first-order valence-electron chi connectivity index (χ1n) is 6.16. The lowest BCUT2D eigenvalue weighted by Gasteiger charge is -2.07. The fraction of sp³-hybridized carbons (Fsp3) is 0.286. The van der Waals surface area contributed by atoms with Crippen LogP contribution in [-0.4, -0.2) is 17.1 Å². The van der Waals surface area contributed by atoms with Gasteiger partial charge in [0.2, 0.25) is 5.88 Å². The van der Waals surface area contributed by atoms with Crippen molar-refractivity contribution in [2.24, 2.45) is 0 Å². The summed E-state index contributed by atoms with van der Waals surface area (Å²) in [7, 11) is 1.62. The molecule has 0 fully saturated rings. The Morgan fingerprint density at radius 2 is 1.79 bits per heavy atom. The maximum atomic E-state index is 5.74. The second-order valence-corrected chi connectivity index (χ2v) is 4.07. The molecule has 5 heteroatoms. The first-order valence-corrected chi connectivity index (χ1v) is 6.16. The van der Waals surface area contributed by atoms with E-state index in [-0.39, 0.29) is 0 Å². The number of nitrogens with two attached hydrogens (primary N) is 1. The molecule has 0 aliphatic rings. The number of hydrogen-bond acceptors (Lipinski definition) is 5. The van der Waals surface area contributed by atoms with Crippen LogP contribution in [-0.2, 0) is 6.42 Å². The van der Waals surface area contributed by atoms with Gasteiger partial charge in [0.05, 0.1) is 7.11 Å². The van der Waals surface area contributed by atoms with E-state index in [2.05, 4.69) is 16.9 Å². The van der Waals surface area contributed by atoms with Crippen LogP contribution < -0.4 is 15.2 Å². The van der Waals surface area contributed by atoms with E-state index in [0.29, 0.717) is 23.3 Å². The number of ether oxygens (including phenoxy) is 2. The predicted octanol–water partition coefficient (Wildman–Crippen LogP) is 2.81. The zero-order valence-corrected chi connectivity index (χ0v) is 11.1. The van der Waals surface area contributed by atoms with Gasteiger partial charge >= 0.3 is 0 Å². The summed E-state index contributed by atoms with van der Waals surface area (Å²) in [4.78, 5) is 8.48. The average molecular weight is 259 g/mol. The molecule has 0 saturated carbocycles. The van der Waals surface area contributed by atoms with Crippen molar-refractivity contribution in [1.82, 2.24) is 9.97 Å². The quantitative estimate of drug-likeness (QED) is 0.894. The molecule has 2 N–H and O–H groups in total. The van der Waals surface area contributed by atoms with Crippen molar-refractivity contribution in [2.75, 3.05) is 12.8 Å². The van der Waals surface area contributed by atoms with Gasteiger partial charge in [-0.1, -0.05) is 6.92 Å². The van der Waals surface area contributed by atoms with Crippen molar-refractivity contribution in [3.05, 3.63) is 36.2 Å². The van der Waals surface area contributed by atoms with Gasteiger partial charge in [0.1, 0.15) is 23.1 Å². The number of aromatic nitrogens is 2. The summed E-state index contributed by atoms with van der Waals surface area (Å²) in [5.41, 5.74) is 5.74. The number of rotatable bonds is 5. The molecule has 1 aromatic carbocycles. The standard InChI is InChI=1S/C14H17N3O2/c1-3-4-13-16-12(15)9-14(17-13)19-11-7-5-10(18-2)6-8-11/h5-9H,3-4H2,1-2H3,(H2,15,16,17). The molecule has 100 valence electrons. The Bertz CT molecular complexity index is 541. The molecule has 0 bridgehead atoms. The number of hydrogen-bond donors (Lipinski definition) is 1. The molecule has 1 aromatic heterocycles. The molecule has 0 aliphatic heterocycles. The third-order valence-corrected chi connectivity index (χ3v) is 2.52. The minimum absolute atomic E-state index is 0.418. The van der Waals surface area contributed by atoms with Gasteiger partial charge in [-0.25, -0.2) is 4.98 Å². The van der Waals surface area contributed by atoms with Crippen LogP contribution in [0, 0.1) is 0 Å². The van der Waals surface area contributed by atoms with Crippen molar-refractivity contribution < 1.29 is 9.47 Å². The highest BCUT2D eigenvalue weighted by Gasteiger charge is 2.04. The van der Waals surface area contributed by atoms with Gasteiger partial charge in [-0.3, -0.25) is 0 Å². The van der Waals surface area contributed by atoms with Gasteiger partial charge < -0.3 is 15.2 Å². The fourth-order valence-electron chi connectivity index (χ4n) is 1.64. The van der Waals surface area contributed by atoms with E-state index >= 15 is 0 Å². The number of benzene rings is 1. The van der Waals surface area contributed by atoms with Crippen LogP contribution in [0.15, 0.2) is 30.3 Å². The lowest BCUT2D eigenvalue weighted by atomic mass is 10.3. The third kappa shape index (κ3) is 3.58. The molecule has 0 amide bonds. The SMILES string of the molecule is CCCc1nc(N)cc(Oc2ccc(OC)cc2)n1. The molecular weight excluding hydrogens is 242 g/mol. The summed E-state index contributed by atoms with van der Waals surface area (Å²) in [5.74, 6) is 3.04. The zero-order valence-electron chi connectivity index (χ0n) is 11.1. The Kier molecular flexibility index (Phi) is 4.18. The molecule has 0 radical (unpaired) electrons. The van der Waals surface area contributed by atoms with E-state index in [4.69, 9.17) is 15.2 Å². The molecule has 2 rings (SSSR count). The number of nitrogens with zero attached hydrogens (tertiary/aromatic N) is 2. The van der Waals surface area contributed by atoms with E-state index in [9.17, 15) is 0 Å². The van der Waals surface area contributed by atoms with Crippen molar-refractivity contribution in [2.45, 2.75) is 19.8 Å². The monoisotopic (exact) mass is 259 g/mol. The second kappa shape index (κ2) is 6.04. The molecule has 2 aromatic rings. The topological polar surface area (TPSA) is 70.3 Å². The lowest BCUT2D eigenvalue weighted by molar-refractivity contribution is 0.412. The largest absolute Gasteiger partial charge is 0.497 e. The first-order chi connectivity index (χ1) is 9.21. The van der Waals surface area contributed by atoms with Gasteiger partial charge in [-0.15, -0.1) is 0 Å². The Morgan fingerprint density at radius 1 is 1.11 bits per heavy atom. The Labute approximate surface area is 112 Å². The summed E-state index contributed by atoms with van der Waals surface area (Å²) in [6, 6.07) is 8.90. The summed E-state index contributed by atoms with van der Waals surface area (Å²) in [6.45, 7) is 2.07. The van der Waals surface area contributed by atoms with Gasteiger partial charge in [0, 0.05) is 12.5 Å². The van der Waals surface area contributed by atoms with Crippen LogP contribution >= 0.6 is 0 Å². The molecule has 0 aliphatic carbocycles. The first kappa shape index (κ1) is 13.1. The van der Waals surface area contributed by atoms with Crippen molar-refractivity contribution in [3.8, 4) is 17.4 Å². The van der Waals surface area contributed by atoms with Crippen molar-refractivity contribution in [3.63, 3.8) is 0 Å². The summed E-state index contributed by atoms with van der Waals surface area (Å²) in [6.07, 6.45) is 1.75. The van der Waals surface area contributed by atoms with Gasteiger partial charge in [0.15, 0.2) is 0 Å². The average Bonchev–Trinajstić information content (AvgIpc) is 2.39. The Morgan fingerprint density at radius 3 is 2.42 bits per heavy atom. The van der Waals surface area contributed by atoms with Gasteiger partial charge in [0.25, 0.3) is 0 Å². The van der Waals surface area contributed by atoms with E-state index in [1.807, 2.05) is 24.3 Å². The fourth-order valence-corrected chi connectivity index (χ4v) is 1.64. The number of nitrogen functional groups attached to an aromatic ring is 1. The summed E-state index contributed by atoms with van der Waals surface area (Å²) in [5, 5.41) is 0. The van der Waals surface area contributed by atoms with Crippen molar-refractivity contribution >= 4 is 5.82 Å². The van der Waals surface area contributed by atoms with E-state index < -0.39 is 0 Å². The highest BCUT2D eigenvalue weighted by atomic mass is 16.5. The van der Waals surface area contributed by atoms with E-state index in [1.165, 1.54) is 0 Å². The van der Waals surface area contributed by atoms with Crippen LogP contribution in [0.4, 0.5) is 5.82 Å². The second-order valence-electron chi connectivity index (χ2n) is 4.07. The molecular formula is C14H17N3O2. The molecule has 0 spiro atoms. The smallest absolute Gasteiger partial charge is 0.224 e. The Hall–Kier alpha value is -2.30. The maximum Gasteiger partial charge on any atom is 0.224 e. The number of aryl methyl sites for hydroxylation is 1. The van der Waals surface area contributed by atoms with Crippen molar-refractivity contribution in [1.29, 1.82) is 0 Å². The van der Waals surface area contributed by atoms with Crippen LogP contribution in [0.2, 0.25) is 0 Å². The van der Waals surface area contributed by atoms with Crippen LogP contribution in [0.3, 0.4) is 0 Å². The summed E-state index contributed by atoms with van der Waals surface area (Å²) >= 11 is 0. The van der Waals surface area contributed by atoms with Gasteiger partial charge in [-0.05, 0) is 30.7 Å². The molecule has 0 atom stereocenters. The normalized spacial score (nSPS) is 10.2. The minimum Gasteiger partial charge on any atom is -0.497 e. The molecule has 0 saturated heterocycles. The number of methoxy groups -OCH3 is 1. The van der Waals surface area contributed by atoms with Gasteiger partial charge in [-0.2, -0.15) is 4.98 Å². The van der Waals surface area contributed by atoms with Crippen LogP contribution in [0.5, 0.6) is 17.4 Å². The van der Waals surface area contributed by atoms with Crippen LogP contribution in [0.1, 0.15) is 19.2 Å².